The number of carbonyl (C=O) groups excluding carboxylic acids is 4. The lowest BCUT2D eigenvalue weighted by atomic mass is 10.1. The monoisotopic (exact) mass is 527 g/mol. The number of esters is 1. The number of Topliss-reactive ketones (excluding diaryl/α,β-unsaturated/α-hetero) is 1. The largest absolute Gasteiger partial charge is 0.454 e. The van der Waals surface area contributed by atoms with Crippen molar-refractivity contribution in [2.45, 2.75) is 23.5 Å². The highest BCUT2D eigenvalue weighted by Gasteiger charge is 2.40. The molecular weight excluding hydrogens is 509 g/mol. The number of ether oxygens (including phenoxy) is 1. The fraction of sp³-hybridized carbons (Fsp3) is 0.154. The van der Waals surface area contributed by atoms with E-state index in [4.69, 9.17) is 27.9 Å². The van der Waals surface area contributed by atoms with Crippen molar-refractivity contribution < 1.29 is 23.9 Å². The quantitative estimate of drug-likeness (QED) is 0.220. The molecule has 0 radical (unpaired) electrons. The number of carbonyl (C=O) groups is 4. The molecule has 0 aromatic heterocycles. The minimum Gasteiger partial charge on any atom is -0.454 e. The van der Waals surface area contributed by atoms with Gasteiger partial charge in [0.15, 0.2) is 6.61 Å². The summed E-state index contributed by atoms with van der Waals surface area (Å²) in [5.41, 5.74) is 1.85. The van der Waals surface area contributed by atoms with Gasteiger partial charge in [0.1, 0.15) is 0 Å². The Morgan fingerprint density at radius 3 is 2.34 bits per heavy atom. The van der Waals surface area contributed by atoms with Gasteiger partial charge in [0, 0.05) is 21.9 Å². The number of hydrogen-bond donors (Lipinski definition) is 0. The molecule has 4 rings (SSSR count). The van der Waals surface area contributed by atoms with Gasteiger partial charge in [0.25, 0.3) is 0 Å². The summed E-state index contributed by atoms with van der Waals surface area (Å²) in [6.45, 7) is 1.48. The summed E-state index contributed by atoms with van der Waals surface area (Å²) in [6.07, 6.45) is 0.0938. The zero-order valence-electron chi connectivity index (χ0n) is 18.5. The van der Waals surface area contributed by atoms with Crippen LogP contribution in [0.2, 0.25) is 10.0 Å². The number of amides is 2. The molecule has 1 saturated heterocycles. The molecule has 1 unspecified atom stereocenters. The predicted octanol–water partition coefficient (Wildman–Crippen LogP) is 5.77. The first-order valence-electron chi connectivity index (χ1n) is 10.6. The van der Waals surface area contributed by atoms with Gasteiger partial charge in [-0.2, -0.15) is 0 Å². The Bertz CT molecular complexity index is 1310. The fourth-order valence-corrected chi connectivity index (χ4v) is 5.07. The number of benzene rings is 3. The van der Waals surface area contributed by atoms with Crippen molar-refractivity contribution in [3.05, 3.63) is 93.5 Å². The van der Waals surface area contributed by atoms with Crippen molar-refractivity contribution in [2.24, 2.45) is 0 Å². The van der Waals surface area contributed by atoms with Gasteiger partial charge >= 0.3 is 5.97 Å². The number of nitrogens with zero attached hydrogens (tertiary/aromatic N) is 1. The summed E-state index contributed by atoms with van der Waals surface area (Å²) >= 11 is 13.2. The third-order valence-corrected chi connectivity index (χ3v) is 7.08. The first-order valence-corrected chi connectivity index (χ1v) is 12.2. The predicted molar refractivity (Wildman–Crippen MR) is 135 cm³/mol. The molecule has 0 N–H and O–H groups in total. The molecule has 9 heteroatoms. The van der Waals surface area contributed by atoms with E-state index in [1.165, 1.54) is 54.2 Å². The number of anilines is 1. The minimum absolute atomic E-state index is 0.0938. The van der Waals surface area contributed by atoms with Crippen LogP contribution in [0.3, 0.4) is 0 Å². The summed E-state index contributed by atoms with van der Waals surface area (Å²) in [6, 6.07) is 18.1. The highest BCUT2D eigenvalue weighted by atomic mass is 35.5. The lowest BCUT2D eigenvalue weighted by Gasteiger charge is -2.15. The Balaban J connectivity index is 1.38. The summed E-state index contributed by atoms with van der Waals surface area (Å²) < 4.78 is 5.10. The van der Waals surface area contributed by atoms with Crippen molar-refractivity contribution >= 4 is 64.2 Å². The molecule has 2 amide bonds. The molecule has 0 saturated carbocycles. The second-order valence-electron chi connectivity index (χ2n) is 7.86. The van der Waals surface area contributed by atoms with Crippen LogP contribution >= 0.6 is 35.0 Å². The Morgan fingerprint density at radius 1 is 1.00 bits per heavy atom. The van der Waals surface area contributed by atoms with Crippen molar-refractivity contribution in [1.82, 2.24) is 0 Å². The van der Waals surface area contributed by atoms with Crippen LogP contribution in [0.15, 0.2) is 71.6 Å². The average molecular weight is 528 g/mol. The summed E-state index contributed by atoms with van der Waals surface area (Å²) in [5.74, 6) is -1.80. The molecule has 0 bridgehead atoms. The van der Waals surface area contributed by atoms with Gasteiger partial charge in [-0.25, -0.2) is 9.69 Å². The highest BCUT2D eigenvalue weighted by molar-refractivity contribution is 8.00. The molecule has 1 aliphatic rings. The minimum atomic E-state index is -0.720. The van der Waals surface area contributed by atoms with Crippen LogP contribution < -0.4 is 4.90 Å². The fourth-order valence-electron chi connectivity index (χ4n) is 3.50. The molecule has 1 atom stereocenters. The molecule has 35 heavy (non-hydrogen) atoms. The van der Waals surface area contributed by atoms with E-state index >= 15 is 0 Å². The van der Waals surface area contributed by atoms with Crippen LogP contribution in [-0.4, -0.2) is 35.4 Å². The zero-order valence-corrected chi connectivity index (χ0v) is 20.8. The van der Waals surface area contributed by atoms with Gasteiger partial charge in [-0.05, 0) is 61.5 Å². The van der Waals surface area contributed by atoms with Crippen LogP contribution in [0.5, 0.6) is 0 Å². The Labute approximate surface area is 216 Å². The van der Waals surface area contributed by atoms with E-state index in [1.54, 1.807) is 0 Å². The smallest absolute Gasteiger partial charge is 0.338 e. The van der Waals surface area contributed by atoms with E-state index in [0.717, 1.165) is 15.4 Å². The topological polar surface area (TPSA) is 80.8 Å². The van der Waals surface area contributed by atoms with Gasteiger partial charge in [-0.1, -0.05) is 40.9 Å². The lowest BCUT2D eigenvalue weighted by molar-refractivity contribution is -0.121. The molecule has 0 spiro atoms. The second kappa shape index (κ2) is 10.6. The van der Waals surface area contributed by atoms with E-state index in [2.05, 4.69) is 0 Å². The van der Waals surface area contributed by atoms with Crippen LogP contribution in [0.4, 0.5) is 5.69 Å². The van der Waals surface area contributed by atoms with Gasteiger partial charge in [0.05, 0.1) is 21.5 Å². The maximum absolute atomic E-state index is 12.9. The van der Waals surface area contributed by atoms with Crippen molar-refractivity contribution in [2.75, 3.05) is 11.5 Å². The molecule has 1 heterocycles. The van der Waals surface area contributed by atoms with Crippen LogP contribution in [0.25, 0.3) is 0 Å². The van der Waals surface area contributed by atoms with Crippen molar-refractivity contribution in [3.63, 3.8) is 0 Å². The number of thioether (sulfide) groups is 1. The molecule has 178 valence electrons. The number of aryl methyl sites for hydroxylation is 1. The maximum atomic E-state index is 12.9. The summed E-state index contributed by atoms with van der Waals surface area (Å²) in [4.78, 5) is 52.2. The Kier molecular flexibility index (Phi) is 7.60. The van der Waals surface area contributed by atoms with Gasteiger partial charge in [0.2, 0.25) is 17.6 Å². The van der Waals surface area contributed by atoms with Crippen molar-refractivity contribution in [1.29, 1.82) is 0 Å². The summed E-state index contributed by atoms with van der Waals surface area (Å²) in [5, 5.41) is 0.0425. The molecule has 3 aromatic carbocycles. The second-order valence-corrected chi connectivity index (χ2v) is 9.98. The van der Waals surface area contributed by atoms with Crippen LogP contribution in [0.1, 0.15) is 32.7 Å². The molecular formula is C26H19Cl2NO5S. The molecule has 3 aromatic rings. The standard InChI is InChI=1S/C26H19Cl2NO5S/c1-15-2-9-19(10-3-15)35-23-13-24(31)29(25(23)32)18-7-4-16(5-8-18)26(33)34-14-22(30)20-11-6-17(27)12-21(20)28/h2-12,23H,13-14H2,1H3. The van der Waals surface area contributed by atoms with Gasteiger partial charge < -0.3 is 4.74 Å². The van der Waals surface area contributed by atoms with Gasteiger partial charge in [-0.3, -0.25) is 14.4 Å². The Morgan fingerprint density at radius 2 is 1.69 bits per heavy atom. The van der Waals surface area contributed by atoms with E-state index in [9.17, 15) is 19.2 Å². The maximum Gasteiger partial charge on any atom is 0.338 e. The number of ketones is 1. The number of rotatable bonds is 7. The highest BCUT2D eigenvalue weighted by Crippen LogP contribution is 2.34. The average Bonchev–Trinajstić information content (AvgIpc) is 3.11. The van der Waals surface area contributed by atoms with E-state index in [-0.39, 0.29) is 34.4 Å². The first kappa shape index (κ1) is 25.0. The van der Waals surface area contributed by atoms with Crippen LogP contribution in [0, 0.1) is 6.92 Å². The first-order chi connectivity index (χ1) is 16.7. The molecule has 1 aliphatic heterocycles. The molecule has 0 aliphatic carbocycles. The Hall–Kier alpha value is -3.13. The van der Waals surface area contributed by atoms with E-state index in [0.29, 0.717) is 10.7 Å². The SMILES string of the molecule is Cc1ccc(SC2CC(=O)N(c3ccc(C(=O)OCC(=O)c4ccc(Cl)cc4Cl)cc3)C2=O)cc1. The third-order valence-electron chi connectivity index (χ3n) is 5.33. The molecule has 1 fully saturated rings. The molecule has 6 nitrogen and oxygen atoms in total. The number of imide groups is 1. The number of hydrogen-bond acceptors (Lipinski definition) is 6. The van der Waals surface area contributed by atoms with Crippen LogP contribution in [-0.2, 0) is 14.3 Å². The zero-order chi connectivity index (χ0) is 25.1. The van der Waals surface area contributed by atoms with Crippen molar-refractivity contribution in [3.8, 4) is 0 Å². The van der Waals surface area contributed by atoms with E-state index < -0.39 is 23.6 Å². The number of halogens is 2. The van der Waals surface area contributed by atoms with Gasteiger partial charge in [-0.15, -0.1) is 11.8 Å². The third kappa shape index (κ3) is 5.75. The normalized spacial score (nSPS) is 15.4. The summed E-state index contributed by atoms with van der Waals surface area (Å²) in [7, 11) is 0. The van der Waals surface area contributed by atoms with E-state index in [1.807, 2.05) is 31.2 Å². The lowest BCUT2D eigenvalue weighted by Crippen LogP contribution is -2.31.